The Kier molecular flexibility index (Phi) is 2.79. The Balaban J connectivity index is 2.20. The molecule has 2 heterocycles. The molecule has 0 bridgehead atoms. The number of nitrogens with zero attached hydrogens (tertiary/aromatic N) is 3. The molecule has 0 fully saturated rings. The molecule has 0 radical (unpaired) electrons. The van der Waals surface area contributed by atoms with Crippen LogP contribution >= 0.6 is 0 Å². The van der Waals surface area contributed by atoms with E-state index in [9.17, 15) is 8.78 Å². The van der Waals surface area contributed by atoms with E-state index in [0.717, 1.165) is 37.6 Å². The van der Waals surface area contributed by atoms with Crippen LogP contribution in [0.2, 0.25) is 0 Å². The highest BCUT2D eigenvalue weighted by Crippen LogP contribution is 2.29. The van der Waals surface area contributed by atoms with Crippen LogP contribution in [0.1, 0.15) is 24.2 Å². The minimum atomic E-state index is -0.650. The summed E-state index contributed by atoms with van der Waals surface area (Å²) in [7, 11) is 0. The molecular formula is C14H11F2N3. The predicted octanol–water partition coefficient (Wildman–Crippen LogP) is 3.04. The van der Waals surface area contributed by atoms with Crippen LogP contribution in [0, 0.1) is 23.0 Å². The molecule has 0 saturated carbocycles. The lowest BCUT2D eigenvalue weighted by Gasteiger charge is -2.16. The molecule has 1 aromatic carbocycles. The summed E-state index contributed by atoms with van der Waals surface area (Å²) in [5, 5.41) is 9.09. The monoisotopic (exact) mass is 259 g/mol. The SMILES string of the molecule is N#Cc1nc(-c2ccc(F)cc2F)n2c1CCCC2. The van der Waals surface area contributed by atoms with Crippen molar-refractivity contribution in [2.24, 2.45) is 0 Å². The Morgan fingerprint density at radius 3 is 2.84 bits per heavy atom. The van der Waals surface area contributed by atoms with Gasteiger partial charge in [0.15, 0.2) is 5.69 Å². The third-order valence-corrected chi connectivity index (χ3v) is 3.40. The largest absolute Gasteiger partial charge is 0.327 e. The lowest BCUT2D eigenvalue weighted by molar-refractivity contribution is 0.532. The number of fused-ring (bicyclic) bond motifs is 1. The molecular weight excluding hydrogens is 248 g/mol. The predicted molar refractivity (Wildman–Crippen MR) is 65.2 cm³/mol. The second-order valence-corrected chi connectivity index (χ2v) is 4.58. The maximum absolute atomic E-state index is 13.8. The lowest BCUT2D eigenvalue weighted by atomic mass is 10.1. The third kappa shape index (κ3) is 1.89. The van der Waals surface area contributed by atoms with Gasteiger partial charge in [-0.25, -0.2) is 13.8 Å². The molecule has 0 aliphatic carbocycles. The summed E-state index contributed by atoms with van der Waals surface area (Å²) in [4.78, 5) is 4.21. The van der Waals surface area contributed by atoms with Crippen LogP contribution in [0.15, 0.2) is 18.2 Å². The van der Waals surface area contributed by atoms with Crippen molar-refractivity contribution in [3.8, 4) is 17.5 Å². The van der Waals surface area contributed by atoms with Crippen molar-refractivity contribution in [3.05, 3.63) is 41.2 Å². The summed E-state index contributed by atoms with van der Waals surface area (Å²) in [5.74, 6) is -0.848. The van der Waals surface area contributed by atoms with Gasteiger partial charge in [-0.15, -0.1) is 0 Å². The molecule has 0 atom stereocenters. The van der Waals surface area contributed by atoms with E-state index in [-0.39, 0.29) is 5.56 Å². The highest BCUT2D eigenvalue weighted by Gasteiger charge is 2.22. The van der Waals surface area contributed by atoms with Crippen molar-refractivity contribution in [2.45, 2.75) is 25.8 Å². The van der Waals surface area contributed by atoms with Crippen molar-refractivity contribution in [2.75, 3.05) is 0 Å². The second-order valence-electron chi connectivity index (χ2n) is 4.58. The highest BCUT2D eigenvalue weighted by molar-refractivity contribution is 5.59. The Bertz CT molecular complexity index is 683. The van der Waals surface area contributed by atoms with Crippen molar-refractivity contribution in [1.29, 1.82) is 5.26 Å². The number of nitriles is 1. The van der Waals surface area contributed by atoms with Gasteiger partial charge in [0.1, 0.15) is 23.5 Å². The fraction of sp³-hybridized carbons (Fsp3) is 0.286. The summed E-state index contributed by atoms with van der Waals surface area (Å²) >= 11 is 0. The summed E-state index contributed by atoms with van der Waals surface area (Å²) in [6.07, 6.45) is 2.76. The van der Waals surface area contributed by atoms with E-state index in [2.05, 4.69) is 4.98 Å². The third-order valence-electron chi connectivity index (χ3n) is 3.40. The van der Waals surface area contributed by atoms with Gasteiger partial charge >= 0.3 is 0 Å². The van der Waals surface area contributed by atoms with Crippen LogP contribution < -0.4 is 0 Å². The van der Waals surface area contributed by atoms with Gasteiger partial charge in [0.05, 0.1) is 11.3 Å². The van der Waals surface area contributed by atoms with Crippen LogP contribution in [0.4, 0.5) is 8.78 Å². The zero-order valence-corrected chi connectivity index (χ0v) is 10.2. The second kappa shape index (κ2) is 4.47. The van der Waals surface area contributed by atoms with E-state index < -0.39 is 11.6 Å². The van der Waals surface area contributed by atoms with Gasteiger partial charge in [-0.2, -0.15) is 5.26 Å². The van der Waals surface area contributed by atoms with E-state index in [1.807, 2.05) is 10.6 Å². The smallest absolute Gasteiger partial charge is 0.162 e. The molecule has 0 spiro atoms. The van der Waals surface area contributed by atoms with E-state index >= 15 is 0 Å². The summed E-state index contributed by atoms with van der Waals surface area (Å²) < 4.78 is 28.7. The van der Waals surface area contributed by atoms with E-state index in [0.29, 0.717) is 11.5 Å². The van der Waals surface area contributed by atoms with Gasteiger partial charge in [0.25, 0.3) is 0 Å². The van der Waals surface area contributed by atoms with E-state index in [1.165, 1.54) is 12.1 Å². The highest BCUT2D eigenvalue weighted by atomic mass is 19.1. The van der Waals surface area contributed by atoms with Gasteiger partial charge < -0.3 is 4.57 Å². The van der Waals surface area contributed by atoms with Gasteiger partial charge in [0, 0.05) is 12.6 Å². The van der Waals surface area contributed by atoms with Gasteiger partial charge in [-0.05, 0) is 31.4 Å². The molecule has 1 aromatic heterocycles. The van der Waals surface area contributed by atoms with Crippen LogP contribution in [0.5, 0.6) is 0 Å². The molecule has 1 aliphatic rings. The average molecular weight is 259 g/mol. The average Bonchev–Trinajstić information content (AvgIpc) is 2.78. The Morgan fingerprint density at radius 1 is 1.26 bits per heavy atom. The number of halogens is 2. The molecule has 0 amide bonds. The Labute approximate surface area is 109 Å². The summed E-state index contributed by atoms with van der Waals surface area (Å²) in [6.45, 7) is 0.718. The van der Waals surface area contributed by atoms with E-state index in [1.54, 1.807) is 0 Å². The minimum absolute atomic E-state index is 0.242. The van der Waals surface area contributed by atoms with Gasteiger partial charge in [-0.3, -0.25) is 0 Å². The fourth-order valence-corrected chi connectivity index (χ4v) is 2.51. The van der Waals surface area contributed by atoms with Crippen molar-refractivity contribution in [1.82, 2.24) is 9.55 Å². The first kappa shape index (κ1) is 11.8. The minimum Gasteiger partial charge on any atom is -0.327 e. The number of hydrogen-bond acceptors (Lipinski definition) is 2. The van der Waals surface area contributed by atoms with Crippen molar-refractivity contribution < 1.29 is 8.78 Å². The topological polar surface area (TPSA) is 41.6 Å². The molecule has 0 saturated heterocycles. The summed E-state index contributed by atoms with van der Waals surface area (Å²) in [6, 6.07) is 5.46. The first-order valence-electron chi connectivity index (χ1n) is 6.15. The number of aromatic nitrogens is 2. The van der Waals surface area contributed by atoms with Crippen LogP contribution in [0.3, 0.4) is 0 Å². The molecule has 2 aromatic rings. The van der Waals surface area contributed by atoms with Crippen LogP contribution in [-0.4, -0.2) is 9.55 Å². The molecule has 3 rings (SSSR count). The van der Waals surface area contributed by atoms with Crippen LogP contribution in [0.25, 0.3) is 11.4 Å². The molecule has 3 nitrogen and oxygen atoms in total. The van der Waals surface area contributed by atoms with E-state index in [4.69, 9.17) is 5.26 Å². The van der Waals surface area contributed by atoms with Crippen molar-refractivity contribution >= 4 is 0 Å². The molecule has 5 heteroatoms. The molecule has 0 unspecified atom stereocenters. The molecule has 0 N–H and O–H groups in total. The zero-order valence-electron chi connectivity index (χ0n) is 10.2. The van der Waals surface area contributed by atoms with Crippen molar-refractivity contribution in [3.63, 3.8) is 0 Å². The normalized spacial score (nSPS) is 13.9. The fourth-order valence-electron chi connectivity index (χ4n) is 2.51. The molecule has 96 valence electrons. The maximum Gasteiger partial charge on any atom is 0.162 e. The maximum atomic E-state index is 13.8. The number of imidazole rings is 1. The number of benzene rings is 1. The quantitative estimate of drug-likeness (QED) is 0.789. The molecule has 1 aliphatic heterocycles. The Hall–Kier alpha value is -2.22. The zero-order chi connectivity index (χ0) is 13.4. The number of rotatable bonds is 1. The number of hydrogen-bond donors (Lipinski definition) is 0. The first-order valence-corrected chi connectivity index (χ1v) is 6.15. The van der Waals surface area contributed by atoms with Crippen LogP contribution in [-0.2, 0) is 13.0 Å². The lowest BCUT2D eigenvalue weighted by Crippen LogP contribution is -2.11. The first-order chi connectivity index (χ1) is 9.20. The summed E-state index contributed by atoms with van der Waals surface area (Å²) in [5.41, 5.74) is 1.44. The molecule has 19 heavy (non-hydrogen) atoms. The van der Waals surface area contributed by atoms with Gasteiger partial charge in [-0.1, -0.05) is 0 Å². The van der Waals surface area contributed by atoms with Gasteiger partial charge in [0.2, 0.25) is 0 Å². The standard InChI is InChI=1S/C14H11F2N3/c15-9-4-5-10(11(16)7-9)14-18-12(8-17)13-3-1-2-6-19(13)14/h4-5,7H,1-3,6H2. The Morgan fingerprint density at radius 2 is 2.11 bits per heavy atom.